The summed E-state index contributed by atoms with van der Waals surface area (Å²) in [5.41, 5.74) is 0.515. The van der Waals surface area contributed by atoms with Crippen molar-refractivity contribution >= 4 is 11.9 Å². The van der Waals surface area contributed by atoms with Gasteiger partial charge in [0.2, 0.25) is 5.91 Å². The molecule has 1 aliphatic rings. The average molecular weight is 324 g/mol. The molecule has 23 heavy (non-hydrogen) atoms. The number of nitrogens with zero attached hydrogens (tertiary/aromatic N) is 2. The third-order valence-electron chi connectivity index (χ3n) is 4.10. The highest BCUT2D eigenvalue weighted by Gasteiger charge is 2.34. The van der Waals surface area contributed by atoms with E-state index in [0.29, 0.717) is 31.9 Å². The zero-order valence-corrected chi connectivity index (χ0v) is 13.2. The molecule has 0 aliphatic carbocycles. The number of carboxylic acids is 1. The van der Waals surface area contributed by atoms with Crippen molar-refractivity contribution < 1.29 is 23.8 Å². The molecule has 6 nitrogen and oxygen atoms in total. The lowest BCUT2D eigenvalue weighted by atomic mass is 10.0. The first-order valence-electron chi connectivity index (χ1n) is 7.48. The average Bonchev–Trinajstić information content (AvgIpc) is 2.54. The van der Waals surface area contributed by atoms with E-state index >= 15 is 0 Å². The summed E-state index contributed by atoms with van der Waals surface area (Å²) in [6.07, 6.45) is 0. The molecular weight excluding hydrogens is 303 g/mol. The summed E-state index contributed by atoms with van der Waals surface area (Å²) >= 11 is 0. The number of amides is 1. The molecule has 0 radical (unpaired) electrons. The maximum Gasteiger partial charge on any atom is 0.326 e. The number of ether oxygens (including phenoxy) is 1. The van der Waals surface area contributed by atoms with Crippen LogP contribution >= 0.6 is 0 Å². The van der Waals surface area contributed by atoms with Crippen LogP contribution in [0.25, 0.3) is 0 Å². The molecule has 126 valence electrons. The Bertz CT molecular complexity index is 575. The fraction of sp³-hybridized carbons (Fsp3) is 0.500. The van der Waals surface area contributed by atoms with Gasteiger partial charge in [-0.15, -0.1) is 0 Å². The number of carboxylic acid groups (broad SMARTS) is 1. The molecule has 1 saturated heterocycles. The Balaban J connectivity index is 2.32. The Kier molecular flexibility index (Phi) is 5.68. The van der Waals surface area contributed by atoms with Crippen LogP contribution in [0.3, 0.4) is 0 Å². The monoisotopic (exact) mass is 324 g/mol. The number of carbonyl (C=O) groups excluding carboxylic acids is 1. The smallest absolute Gasteiger partial charge is 0.326 e. The van der Waals surface area contributed by atoms with Crippen molar-refractivity contribution in [3.05, 3.63) is 35.6 Å². The topological polar surface area (TPSA) is 70.1 Å². The van der Waals surface area contributed by atoms with Gasteiger partial charge in [-0.3, -0.25) is 9.69 Å². The second kappa shape index (κ2) is 7.52. The largest absolute Gasteiger partial charge is 0.480 e. The quantitative estimate of drug-likeness (QED) is 0.879. The van der Waals surface area contributed by atoms with Crippen molar-refractivity contribution in [2.24, 2.45) is 0 Å². The summed E-state index contributed by atoms with van der Waals surface area (Å²) in [5.74, 6) is -1.88. The Morgan fingerprint density at radius 1 is 1.35 bits per heavy atom. The van der Waals surface area contributed by atoms with Crippen molar-refractivity contribution in [1.82, 2.24) is 9.80 Å². The molecule has 1 aromatic rings. The van der Waals surface area contributed by atoms with Crippen LogP contribution in [-0.2, 0) is 14.3 Å². The van der Waals surface area contributed by atoms with E-state index < -0.39 is 23.9 Å². The summed E-state index contributed by atoms with van der Waals surface area (Å²) in [6, 6.07) is 4.18. The number of halogens is 1. The van der Waals surface area contributed by atoms with Crippen molar-refractivity contribution in [2.45, 2.75) is 19.0 Å². The number of hydrogen-bond donors (Lipinski definition) is 1. The van der Waals surface area contributed by atoms with Gasteiger partial charge in [-0.1, -0.05) is 12.1 Å². The number of benzene rings is 1. The third kappa shape index (κ3) is 4.05. The third-order valence-corrected chi connectivity index (χ3v) is 4.10. The molecule has 1 heterocycles. The summed E-state index contributed by atoms with van der Waals surface area (Å²) in [5, 5.41) is 9.12. The van der Waals surface area contributed by atoms with Gasteiger partial charge < -0.3 is 14.7 Å². The van der Waals surface area contributed by atoms with Gasteiger partial charge >= 0.3 is 5.97 Å². The molecule has 0 saturated carbocycles. The predicted octanol–water partition coefficient (Wildman–Crippen LogP) is 1.13. The van der Waals surface area contributed by atoms with Crippen LogP contribution in [0, 0.1) is 5.82 Å². The van der Waals surface area contributed by atoms with Gasteiger partial charge in [0.05, 0.1) is 13.2 Å². The van der Waals surface area contributed by atoms with Crippen LogP contribution in [-0.4, -0.2) is 66.2 Å². The molecule has 2 unspecified atom stereocenters. The van der Waals surface area contributed by atoms with Crippen molar-refractivity contribution in [1.29, 1.82) is 0 Å². The summed E-state index contributed by atoms with van der Waals surface area (Å²) in [7, 11) is 1.45. The molecular formula is C16H21FN2O4. The summed E-state index contributed by atoms with van der Waals surface area (Å²) in [4.78, 5) is 27.1. The molecule has 1 aromatic carbocycles. The lowest BCUT2D eigenvalue weighted by molar-refractivity contribution is -0.151. The Morgan fingerprint density at radius 2 is 2.00 bits per heavy atom. The van der Waals surface area contributed by atoms with E-state index in [0.717, 1.165) is 0 Å². The number of likely N-dealkylation sites (N-methyl/N-ethyl adjacent to an activating group) is 1. The van der Waals surface area contributed by atoms with Crippen LogP contribution in [0.15, 0.2) is 24.3 Å². The van der Waals surface area contributed by atoms with Gasteiger partial charge in [0, 0.05) is 20.1 Å². The van der Waals surface area contributed by atoms with Gasteiger partial charge in [-0.25, -0.2) is 9.18 Å². The zero-order chi connectivity index (χ0) is 17.0. The summed E-state index contributed by atoms with van der Waals surface area (Å²) < 4.78 is 18.9. The Labute approximate surface area is 134 Å². The van der Waals surface area contributed by atoms with Gasteiger partial charge in [-0.05, 0) is 24.6 Å². The standard InChI is InChI=1S/C16H21FN2O4/c1-11(16(21)22)18(2)15(20)14(19-6-8-23-9-7-19)12-4-3-5-13(17)10-12/h3-5,10-11,14H,6-9H2,1-2H3,(H,21,22). The van der Waals surface area contributed by atoms with Gasteiger partial charge in [0.25, 0.3) is 0 Å². The van der Waals surface area contributed by atoms with E-state index in [1.165, 1.54) is 31.0 Å². The molecule has 1 N–H and O–H groups in total. The lowest BCUT2D eigenvalue weighted by Crippen LogP contribution is -2.49. The molecule has 0 aromatic heterocycles. The summed E-state index contributed by atoms with van der Waals surface area (Å²) in [6.45, 7) is 3.47. The highest BCUT2D eigenvalue weighted by molar-refractivity contribution is 5.87. The first kappa shape index (κ1) is 17.4. The molecule has 0 spiro atoms. The highest BCUT2D eigenvalue weighted by Crippen LogP contribution is 2.25. The van der Waals surface area contributed by atoms with E-state index in [2.05, 4.69) is 0 Å². The fourth-order valence-corrected chi connectivity index (χ4v) is 2.57. The molecule has 1 amide bonds. The molecule has 1 aliphatic heterocycles. The van der Waals surface area contributed by atoms with Crippen LogP contribution < -0.4 is 0 Å². The van der Waals surface area contributed by atoms with Crippen LogP contribution in [0.5, 0.6) is 0 Å². The number of rotatable bonds is 5. The molecule has 0 bridgehead atoms. The molecule has 2 rings (SSSR count). The second-order valence-corrected chi connectivity index (χ2v) is 5.57. The van der Waals surface area contributed by atoms with Gasteiger partial charge in [0.15, 0.2) is 0 Å². The van der Waals surface area contributed by atoms with E-state index in [1.807, 2.05) is 4.90 Å². The predicted molar refractivity (Wildman–Crippen MR) is 81.4 cm³/mol. The second-order valence-electron chi connectivity index (χ2n) is 5.57. The van der Waals surface area contributed by atoms with Gasteiger partial charge in [0.1, 0.15) is 17.9 Å². The molecule has 1 fully saturated rings. The van der Waals surface area contributed by atoms with Crippen LogP contribution in [0.4, 0.5) is 4.39 Å². The first-order chi connectivity index (χ1) is 10.9. The zero-order valence-electron chi connectivity index (χ0n) is 13.2. The van der Waals surface area contributed by atoms with E-state index in [-0.39, 0.29) is 5.91 Å². The maximum absolute atomic E-state index is 13.6. The van der Waals surface area contributed by atoms with E-state index in [4.69, 9.17) is 9.84 Å². The van der Waals surface area contributed by atoms with Crippen LogP contribution in [0.2, 0.25) is 0 Å². The van der Waals surface area contributed by atoms with E-state index in [1.54, 1.807) is 12.1 Å². The minimum Gasteiger partial charge on any atom is -0.480 e. The number of carbonyl (C=O) groups is 2. The van der Waals surface area contributed by atoms with Gasteiger partial charge in [-0.2, -0.15) is 0 Å². The van der Waals surface area contributed by atoms with Crippen molar-refractivity contribution in [3.63, 3.8) is 0 Å². The van der Waals surface area contributed by atoms with Crippen LogP contribution in [0.1, 0.15) is 18.5 Å². The minimum atomic E-state index is -1.08. The fourth-order valence-electron chi connectivity index (χ4n) is 2.57. The number of aliphatic carboxylic acids is 1. The number of morpholine rings is 1. The molecule has 7 heteroatoms. The highest BCUT2D eigenvalue weighted by atomic mass is 19.1. The lowest BCUT2D eigenvalue weighted by Gasteiger charge is -2.36. The first-order valence-corrected chi connectivity index (χ1v) is 7.48. The maximum atomic E-state index is 13.6. The van der Waals surface area contributed by atoms with Crippen molar-refractivity contribution in [3.8, 4) is 0 Å². The Hall–Kier alpha value is -1.99. The normalized spacial score (nSPS) is 18.2. The van der Waals surface area contributed by atoms with Crippen molar-refractivity contribution in [2.75, 3.05) is 33.4 Å². The Morgan fingerprint density at radius 3 is 2.57 bits per heavy atom. The van der Waals surface area contributed by atoms with E-state index in [9.17, 15) is 14.0 Å². The number of hydrogen-bond acceptors (Lipinski definition) is 4. The molecule has 2 atom stereocenters. The SMILES string of the molecule is CC(C(=O)O)N(C)C(=O)C(c1cccc(F)c1)N1CCOCC1. The minimum absolute atomic E-state index is 0.368.